The number of amides is 1. The number of aromatic nitrogens is 5. The zero-order chi connectivity index (χ0) is 40.3. The van der Waals surface area contributed by atoms with Crippen LogP contribution in [-0.2, 0) is 33.8 Å². The topological polar surface area (TPSA) is 222 Å². The maximum absolute atomic E-state index is 13.8. The van der Waals surface area contributed by atoms with Crippen LogP contribution in [0.5, 0.6) is 0 Å². The van der Waals surface area contributed by atoms with Crippen LogP contribution in [0.15, 0.2) is 88.3 Å². The van der Waals surface area contributed by atoms with Gasteiger partial charge in [-0.2, -0.15) is 20.2 Å². The number of carbonyl (C=O) groups excluding carboxylic acids is 2. The largest absolute Gasteiger partial charge is 0.492 e. The Morgan fingerprint density at radius 3 is 2.51 bits per heavy atom. The predicted octanol–water partition coefficient (Wildman–Crippen LogP) is 4.47. The molecule has 3 heterocycles. The van der Waals surface area contributed by atoms with E-state index in [-0.39, 0.29) is 42.3 Å². The summed E-state index contributed by atoms with van der Waals surface area (Å²) < 4.78 is 18.9. The van der Waals surface area contributed by atoms with E-state index in [0.29, 0.717) is 60.8 Å². The highest BCUT2D eigenvalue weighted by atomic mass is 19.1. The fourth-order valence-corrected chi connectivity index (χ4v) is 6.11. The summed E-state index contributed by atoms with van der Waals surface area (Å²) in [5, 5.41) is 28.8. The molecular formula is C39H40FN13O4. The van der Waals surface area contributed by atoms with E-state index < -0.39 is 23.8 Å². The number of fused-ring (bicyclic) bond motifs is 1. The average Bonchev–Trinajstić information content (AvgIpc) is 3.62. The number of ether oxygens (including phenoxy) is 1. The van der Waals surface area contributed by atoms with Gasteiger partial charge in [0.25, 0.3) is 5.91 Å². The Bertz CT molecular complexity index is 2350. The molecule has 18 heteroatoms. The van der Waals surface area contributed by atoms with Gasteiger partial charge in [0, 0.05) is 51.0 Å². The van der Waals surface area contributed by atoms with Gasteiger partial charge in [0.05, 0.1) is 36.3 Å². The molecule has 1 atom stereocenters. The molecule has 5 N–H and O–H groups in total. The minimum Gasteiger partial charge on any atom is -0.492 e. The summed E-state index contributed by atoms with van der Waals surface area (Å²) in [6.07, 6.45) is 1.59. The lowest BCUT2D eigenvalue weighted by Crippen LogP contribution is -2.48. The van der Waals surface area contributed by atoms with Crippen molar-refractivity contribution in [1.29, 1.82) is 5.26 Å². The lowest BCUT2D eigenvalue weighted by atomic mass is 10.0. The number of aliphatic hydroxyl groups excluding tert-OH is 1. The molecule has 0 saturated carbocycles. The van der Waals surface area contributed by atoms with Crippen LogP contribution in [0, 0.1) is 17.1 Å². The first-order chi connectivity index (χ1) is 27.6. The average molecular weight is 774 g/mol. The molecule has 57 heavy (non-hydrogen) atoms. The summed E-state index contributed by atoms with van der Waals surface area (Å²) in [6, 6.07) is 20.1. The van der Waals surface area contributed by atoms with Crippen LogP contribution in [0.25, 0.3) is 11.0 Å². The van der Waals surface area contributed by atoms with Gasteiger partial charge in [0.1, 0.15) is 17.7 Å². The van der Waals surface area contributed by atoms with E-state index in [1.54, 1.807) is 42.2 Å². The maximum Gasteiger partial charge on any atom is 0.328 e. The van der Waals surface area contributed by atoms with Crippen molar-refractivity contribution >= 4 is 59.4 Å². The quantitative estimate of drug-likeness (QED) is 0.0429. The number of imidazole rings is 1. The first kappa shape index (κ1) is 39.4. The molecule has 6 rings (SSSR count). The molecular weight excluding hydrogens is 734 g/mol. The number of aromatic amines is 1. The van der Waals surface area contributed by atoms with Crippen molar-refractivity contribution in [2.45, 2.75) is 32.5 Å². The molecule has 5 aromatic rings. The monoisotopic (exact) mass is 773 g/mol. The third-order valence-corrected chi connectivity index (χ3v) is 8.93. The van der Waals surface area contributed by atoms with Crippen LogP contribution < -0.4 is 16.0 Å². The molecule has 2 aromatic heterocycles. The molecule has 1 amide bonds. The Morgan fingerprint density at radius 2 is 1.79 bits per heavy atom. The summed E-state index contributed by atoms with van der Waals surface area (Å²) in [7, 11) is 1.29. The number of rotatable bonds is 15. The summed E-state index contributed by atoms with van der Waals surface area (Å²) in [6.45, 7) is 7.83. The number of methoxy groups -OCH3 is 1. The van der Waals surface area contributed by atoms with Crippen molar-refractivity contribution in [3.05, 3.63) is 107 Å². The van der Waals surface area contributed by atoms with Gasteiger partial charge < -0.3 is 35.7 Å². The molecule has 1 saturated heterocycles. The number of nitrogens with zero attached hydrogens (tertiary/aromatic N) is 9. The van der Waals surface area contributed by atoms with E-state index in [0.717, 1.165) is 11.1 Å². The molecule has 0 radical (unpaired) electrons. The van der Waals surface area contributed by atoms with Gasteiger partial charge in [0.15, 0.2) is 5.70 Å². The van der Waals surface area contributed by atoms with Crippen LogP contribution >= 0.6 is 0 Å². The molecule has 0 aliphatic carbocycles. The molecule has 1 aliphatic heterocycles. The highest BCUT2D eigenvalue weighted by molar-refractivity contribution is 5.94. The number of nitriles is 1. The molecule has 0 unspecified atom stereocenters. The van der Waals surface area contributed by atoms with E-state index in [1.807, 2.05) is 24.3 Å². The van der Waals surface area contributed by atoms with Gasteiger partial charge in [-0.3, -0.25) is 14.7 Å². The second-order valence-electron chi connectivity index (χ2n) is 12.8. The molecule has 1 aliphatic rings. The van der Waals surface area contributed by atoms with Crippen molar-refractivity contribution in [1.82, 2.24) is 34.7 Å². The highest BCUT2D eigenvalue weighted by Gasteiger charge is 2.26. The lowest BCUT2D eigenvalue weighted by Gasteiger charge is -2.34. The zero-order valence-electron chi connectivity index (χ0n) is 31.2. The molecule has 292 valence electrons. The van der Waals surface area contributed by atoms with Gasteiger partial charge in [-0.25, -0.2) is 19.2 Å². The number of aliphatic imine (C=N–C) groups is 2. The minimum atomic E-state index is -0.887. The van der Waals surface area contributed by atoms with E-state index in [2.05, 4.69) is 68.5 Å². The smallest absolute Gasteiger partial charge is 0.328 e. The lowest BCUT2D eigenvalue weighted by molar-refractivity contribution is -0.141. The number of nitrogens with one attached hydrogen (secondary N) is 4. The first-order valence-corrected chi connectivity index (χ1v) is 17.9. The number of hydrogen-bond acceptors (Lipinski definition) is 15. The Hall–Kier alpha value is -7.26. The normalized spacial score (nSPS) is 14.1. The number of H-pyrrole nitrogens is 1. The number of esters is 1. The molecule has 0 bridgehead atoms. The minimum absolute atomic E-state index is 0.0776. The Balaban J connectivity index is 1.18. The highest BCUT2D eigenvalue weighted by Crippen LogP contribution is 2.21. The van der Waals surface area contributed by atoms with E-state index in [4.69, 9.17) is 4.74 Å². The number of anilines is 4. The third-order valence-electron chi connectivity index (χ3n) is 8.93. The Kier molecular flexibility index (Phi) is 12.7. The Morgan fingerprint density at radius 1 is 1.04 bits per heavy atom. The van der Waals surface area contributed by atoms with Crippen LogP contribution in [-0.4, -0.2) is 104 Å². The second-order valence-corrected chi connectivity index (χ2v) is 12.8. The molecule has 3 aromatic carbocycles. The van der Waals surface area contributed by atoms with Crippen molar-refractivity contribution < 1.29 is 23.8 Å². The van der Waals surface area contributed by atoms with Crippen LogP contribution in [0.1, 0.15) is 29.4 Å². The summed E-state index contributed by atoms with van der Waals surface area (Å²) in [5.41, 5.74) is 3.90. The predicted molar refractivity (Wildman–Crippen MR) is 212 cm³/mol. The number of piperazine rings is 1. The van der Waals surface area contributed by atoms with E-state index >= 15 is 0 Å². The molecule has 0 spiro atoms. The summed E-state index contributed by atoms with van der Waals surface area (Å²) >= 11 is 0. The number of halogens is 1. The van der Waals surface area contributed by atoms with Crippen LogP contribution in [0.4, 0.5) is 27.9 Å². The van der Waals surface area contributed by atoms with Crippen LogP contribution in [0.2, 0.25) is 0 Å². The van der Waals surface area contributed by atoms with E-state index in [9.17, 15) is 24.3 Å². The SMILES string of the molecule is C=N/C(C(=O)N1CCN(Cc2cccc(Nc3nc(NCc4nc5ccc(F)cc5[nH]4)nc(N[C@@H](Cc4ccc(C#N)cc4)C(=O)OC)n3)c2)CC1)=C(/O)N=CC. The standard InChI is InChI=1S/C39H40FN13O4/c1-4-43-34(54)33(42-2)35(55)53-16-14-52(15-17-53)23-26-6-5-7-28(18-26)45-38-49-37(44-22-32-46-29-13-12-27(40)20-30(29)47-32)50-39(51-38)48-31(36(56)57-3)19-24-8-10-25(21-41)11-9-24/h4-13,18,20,31,54H,2,14-17,19,22-23H2,1,3H3,(H,46,47)(H3,44,45,48,49,50,51)/b34-33+,43-4?/t31-/m0/s1. The number of aliphatic hydroxyl groups is 1. The fourth-order valence-electron chi connectivity index (χ4n) is 6.11. The van der Waals surface area contributed by atoms with Crippen molar-refractivity contribution in [3.63, 3.8) is 0 Å². The maximum atomic E-state index is 13.8. The summed E-state index contributed by atoms with van der Waals surface area (Å²) in [4.78, 5) is 58.4. The third kappa shape index (κ3) is 10.3. The van der Waals surface area contributed by atoms with Crippen molar-refractivity contribution in [2.75, 3.05) is 49.2 Å². The van der Waals surface area contributed by atoms with Crippen molar-refractivity contribution in [2.24, 2.45) is 9.98 Å². The fraction of sp³-hybridized carbons (Fsp3) is 0.256. The van der Waals surface area contributed by atoms with Gasteiger partial charge >= 0.3 is 5.97 Å². The zero-order valence-corrected chi connectivity index (χ0v) is 31.2. The number of hydrogen-bond donors (Lipinski definition) is 5. The first-order valence-electron chi connectivity index (χ1n) is 17.9. The van der Waals surface area contributed by atoms with Gasteiger partial charge in [-0.05, 0) is 67.2 Å². The molecule has 1 fully saturated rings. The summed E-state index contributed by atoms with van der Waals surface area (Å²) in [5.74, 6) is -0.909. The Labute approximate surface area is 327 Å². The van der Waals surface area contributed by atoms with Gasteiger partial charge in [-0.1, -0.05) is 24.3 Å². The van der Waals surface area contributed by atoms with Crippen LogP contribution in [0.3, 0.4) is 0 Å². The van der Waals surface area contributed by atoms with Crippen molar-refractivity contribution in [3.8, 4) is 6.07 Å². The number of carbonyl (C=O) groups is 2. The number of benzene rings is 3. The molecule has 17 nitrogen and oxygen atoms in total. The van der Waals surface area contributed by atoms with E-state index in [1.165, 1.54) is 25.5 Å². The second kappa shape index (κ2) is 18.4. The van der Waals surface area contributed by atoms with Gasteiger partial charge in [0.2, 0.25) is 23.7 Å². The van der Waals surface area contributed by atoms with Gasteiger partial charge in [-0.15, -0.1) is 0 Å².